The van der Waals surface area contributed by atoms with Crippen molar-refractivity contribution in [1.82, 2.24) is 0 Å². The van der Waals surface area contributed by atoms with E-state index in [0.29, 0.717) is 0 Å². The molecule has 0 amide bonds. The Kier molecular flexibility index (Phi) is 3.94. The van der Waals surface area contributed by atoms with Crippen molar-refractivity contribution in [3.63, 3.8) is 0 Å². The first kappa shape index (κ1) is 13.0. The van der Waals surface area contributed by atoms with Crippen molar-refractivity contribution in [3.05, 3.63) is 35.4 Å². The molecule has 0 heterocycles. The highest BCUT2D eigenvalue weighted by molar-refractivity contribution is 5.67. The summed E-state index contributed by atoms with van der Waals surface area (Å²) in [5.41, 5.74) is 0.822. The molecule has 2 rings (SSSR count). The van der Waals surface area contributed by atoms with Crippen LogP contribution >= 0.6 is 0 Å². The van der Waals surface area contributed by atoms with Crippen LogP contribution in [0.2, 0.25) is 0 Å². The molecule has 1 aromatic rings. The monoisotopic (exact) mass is 254 g/mol. The number of carboxylic acids is 1. The number of hydrogen-bond acceptors (Lipinski definition) is 1. The van der Waals surface area contributed by atoms with Crippen molar-refractivity contribution in [3.8, 4) is 0 Å². The zero-order valence-corrected chi connectivity index (χ0v) is 10.0. The maximum atomic E-state index is 13.1. The van der Waals surface area contributed by atoms with Crippen LogP contribution in [0, 0.1) is 17.6 Å². The fraction of sp³-hybridized carbons (Fsp3) is 0.500. The summed E-state index contributed by atoms with van der Waals surface area (Å²) in [7, 11) is 0. The van der Waals surface area contributed by atoms with Crippen LogP contribution in [0.25, 0.3) is 0 Å². The van der Waals surface area contributed by atoms with Gasteiger partial charge in [0.15, 0.2) is 11.6 Å². The van der Waals surface area contributed by atoms with Crippen molar-refractivity contribution in [2.24, 2.45) is 5.92 Å². The van der Waals surface area contributed by atoms with E-state index in [1.807, 2.05) is 0 Å². The second-order valence-electron chi connectivity index (χ2n) is 4.99. The van der Waals surface area contributed by atoms with Crippen LogP contribution in [-0.4, -0.2) is 11.1 Å². The van der Waals surface area contributed by atoms with Gasteiger partial charge in [0.25, 0.3) is 0 Å². The molecule has 0 aliphatic heterocycles. The highest BCUT2D eigenvalue weighted by Gasteiger charge is 2.24. The van der Waals surface area contributed by atoms with E-state index in [2.05, 4.69) is 0 Å². The predicted octanol–water partition coefficient (Wildman–Crippen LogP) is 3.71. The topological polar surface area (TPSA) is 37.3 Å². The van der Waals surface area contributed by atoms with E-state index in [0.717, 1.165) is 37.3 Å². The molecule has 0 aromatic heterocycles. The van der Waals surface area contributed by atoms with Gasteiger partial charge in [-0.05, 0) is 55.2 Å². The van der Waals surface area contributed by atoms with Gasteiger partial charge in [-0.1, -0.05) is 6.07 Å². The third kappa shape index (κ3) is 3.06. The van der Waals surface area contributed by atoms with Gasteiger partial charge in [0, 0.05) is 6.42 Å². The number of carbonyl (C=O) groups is 1. The fourth-order valence-corrected chi connectivity index (χ4v) is 2.71. The van der Waals surface area contributed by atoms with Gasteiger partial charge in [-0.15, -0.1) is 0 Å². The molecule has 0 atom stereocenters. The quantitative estimate of drug-likeness (QED) is 0.892. The highest BCUT2D eigenvalue weighted by Crippen LogP contribution is 2.37. The number of halogens is 2. The summed E-state index contributed by atoms with van der Waals surface area (Å²) in [6.45, 7) is 0. The molecule has 0 spiro atoms. The summed E-state index contributed by atoms with van der Waals surface area (Å²) in [6.07, 6.45) is 3.60. The SMILES string of the molecule is O=C(O)CC1CCC(c2ccc(F)c(F)c2)CC1. The van der Waals surface area contributed by atoms with Crippen LogP contribution in [0.5, 0.6) is 0 Å². The summed E-state index contributed by atoms with van der Waals surface area (Å²) in [5.74, 6) is -1.93. The van der Waals surface area contributed by atoms with E-state index in [1.165, 1.54) is 6.07 Å². The van der Waals surface area contributed by atoms with E-state index in [1.54, 1.807) is 6.07 Å². The molecule has 0 bridgehead atoms. The molecule has 18 heavy (non-hydrogen) atoms. The first-order valence-corrected chi connectivity index (χ1v) is 6.23. The second-order valence-corrected chi connectivity index (χ2v) is 4.99. The lowest BCUT2D eigenvalue weighted by atomic mass is 9.77. The maximum Gasteiger partial charge on any atom is 0.303 e. The Bertz CT molecular complexity index is 437. The predicted molar refractivity (Wildman–Crippen MR) is 63.3 cm³/mol. The lowest BCUT2D eigenvalue weighted by Crippen LogP contribution is -2.16. The van der Waals surface area contributed by atoms with Gasteiger partial charge < -0.3 is 5.11 Å². The molecule has 1 fully saturated rings. The van der Waals surface area contributed by atoms with Gasteiger partial charge in [-0.3, -0.25) is 4.79 Å². The Morgan fingerprint density at radius 3 is 2.39 bits per heavy atom. The molecule has 4 heteroatoms. The smallest absolute Gasteiger partial charge is 0.303 e. The first-order chi connectivity index (χ1) is 8.56. The molecule has 1 saturated carbocycles. The average Bonchev–Trinajstić information content (AvgIpc) is 2.33. The highest BCUT2D eigenvalue weighted by atomic mass is 19.2. The van der Waals surface area contributed by atoms with Gasteiger partial charge in [0.2, 0.25) is 0 Å². The third-order valence-electron chi connectivity index (χ3n) is 3.73. The normalized spacial score (nSPS) is 23.9. The van der Waals surface area contributed by atoms with Crippen LogP contribution < -0.4 is 0 Å². The lowest BCUT2D eigenvalue weighted by Gasteiger charge is -2.27. The number of carboxylic acid groups (broad SMARTS) is 1. The number of hydrogen-bond donors (Lipinski definition) is 1. The van der Waals surface area contributed by atoms with E-state index < -0.39 is 17.6 Å². The minimum atomic E-state index is -0.821. The van der Waals surface area contributed by atoms with Gasteiger partial charge in [0.1, 0.15) is 0 Å². The minimum Gasteiger partial charge on any atom is -0.481 e. The zero-order chi connectivity index (χ0) is 13.1. The van der Waals surface area contributed by atoms with Crippen LogP contribution in [0.1, 0.15) is 43.6 Å². The molecule has 1 aromatic carbocycles. The molecule has 1 aliphatic rings. The summed E-state index contributed by atoms with van der Waals surface area (Å²) in [6, 6.07) is 4.05. The average molecular weight is 254 g/mol. The van der Waals surface area contributed by atoms with Crippen molar-refractivity contribution < 1.29 is 18.7 Å². The van der Waals surface area contributed by atoms with Gasteiger partial charge in [-0.2, -0.15) is 0 Å². The largest absolute Gasteiger partial charge is 0.481 e. The molecule has 0 radical (unpaired) electrons. The van der Waals surface area contributed by atoms with E-state index >= 15 is 0 Å². The Labute approximate surface area is 105 Å². The Morgan fingerprint density at radius 1 is 1.17 bits per heavy atom. The molecule has 0 unspecified atom stereocenters. The van der Waals surface area contributed by atoms with Crippen molar-refractivity contribution in [2.75, 3.05) is 0 Å². The molecule has 2 nitrogen and oxygen atoms in total. The standard InChI is InChI=1S/C14H16F2O2/c15-12-6-5-11(8-13(12)16)10-3-1-9(2-4-10)7-14(17)18/h5-6,8-10H,1-4,7H2,(H,17,18). The molecule has 0 saturated heterocycles. The second kappa shape index (κ2) is 5.46. The molecular formula is C14H16F2O2. The molecule has 1 N–H and O–H groups in total. The minimum absolute atomic E-state index is 0.213. The fourth-order valence-electron chi connectivity index (χ4n) is 2.71. The zero-order valence-electron chi connectivity index (χ0n) is 10.0. The lowest BCUT2D eigenvalue weighted by molar-refractivity contribution is -0.138. The Hall–Kier alpha value is -1.45. The molecular weight excluding hydrogens is 238 g/mol. The molecule has 1 aliphatic carbocycles. The van der Waals surface area contributed by atoms with Gasteiger partial charge >= 0.3 is 5.97 Å². The summed E-state index contributed by atoms with van der Waals surface area (Å²) >= 11 is 0. The first-order valence-electron chi connectivity index (χ1n) is 6.23. The van der Waals surface area contributed by atoms with E-state index in [9.17, 15) is 13.6 Å². The van der Waals surface area contributed by atoms with Crippen LogP contribution in [0.15, 0.2) is 18.2 Å². The Morgan fingerprint density at radius 2 is 1.83 bits per heavy atom. The number of aliphatic carboxylic acids is 1. The van der Waals surface area contributed by atoms with E-state index in [4.69, 9.17) is 5.11 Å². The third-order valence-corrected chi connectivity index (χ3v) is 3.73. The van der Waals surface area contributed by atoms with Crippen LogP contribution in [0.3, 0.4) is 0 Å². The van der Waals surface area contributed by atoms with Crippen LogP contribution in [0.4, 0.5) is 8.78 Å². The summed E-state index contributed by atoms with van der Waals surface area (Å²) in [5, 5.41) is 8.72. The van der Waals surface area contributed by atoms with E-state index in [-0.39, 0.29) is 18.3 Å². The molecule has 98 valence electrons. The van der Waals surface area contributed by atoms with Gasteiger partial charge in [0.05, 0.1) is 0 Å². The maximum absolute atomic E-state index is 13.1. The summed E-state index contributed by atoms with van der Waals surface area (Å²) < 4.78 is 26.0. The summed E-state index contributed by atoms with van der Waals surface area (Å²) in [4.78, 5) is 10.6. The Balaban J connectivity index is 1.96. The number of benzene rings is 1. The van der Waals surface area contributed by atoms with Gasteiger partial charge in [-0.25, -0.2) is 8.78 Å². The number of rotatable bonds is 3. The van der Waals surface area contributed by atoms with Crippen molar-refractivity contribution in [1.29, 1.82) is 0 Å². The van der Waals surface area contributed by atoms with Crippen molar-refractivity contribution >= 4 is 5.97 Å². The van der Waals surface area contributed by atoms with Crippen LogP contribution in [-0.2, 0) is 4.79 Å². The van der Waals surface area contributed by atoms with Crippen molar-refractivity contribution in [2.45, 2.75) is 38.0 Å².